The van der Waals surface area contributed by atoms with Gasteiger partial charge in [-0.3, -0.25) is 9.59 Å². The second-order valence-electron chi connectivity index (χ2n) is 7.26. The van der Waals surface area contributed by atoms with Crippen molar-refractivity contribution < 1.29 is 9.59 Å². The van der Waals surface area contributed by atoms with Crippen molar-refractivity contribution >= 4 is 22.7 Å². The van der Waals surface area contributed by atoms with Gasteiger partial charge in [0.05, 0.1) is 0 Å². The molecule has 138 valence electrons. The van der Waals surface area contributed by atoms with Crippen molar-refractivity contribution in [3.05, 3.63) is 60.3 Å². The van der Waals surface area contributed by atoms with E-state index < -0.39 is 0 Å². The summed E-state index contributed by atoms with van der Waals surface area (Å²) >= 11 is 0. The van der Waals surface area contributed by atoms with E-state index in [0.29, 0.717) is 24.9 Å². The molecule has 1 fully saturated rings. The van der Waals surface area contributed by atoms with Crippen molar-refractivity contribution in [3.63, 3.8) is 0 Å². The third-order valence-corrected chi connectivity index (χ3v) is 5.33. The Morgan fingerprint density at radius 3 is 2.52 bits per heavy atom. The highest BCUT2D eigenvalue weighted by Crippen LogP contribution is 2.25. The highest BCUT2D eigenvalue weighted by molar-refractivity contribution is 5.95. The number of benzene rings is 2. The van der Waals surface area contributed by atoms with Crippen LogP contribution in [-0.2, 0) is 11.8 Å². The monoisotopic (exact) mass is 361 g/mol. The molecule has 0 aliphatic carbocycles. The van der Waals surface area contributed by atoms with Crippen molar-refractivity contribution in [1.29, 1.82) is 0 Å². The Morgan fingerprint density at radius 2 is 1.78 bits per heavy atom. The predicted molar refractivity (Wildman–Crippen MR) is 106 cm³/mol. The summed E-state index contributed by atoms with van der Waals surface area (Å²) in [4.78, 5) is 25.7. The van der Waals surface area contributed by atoms with Crippen LogP contribution < -0.4 is 5.32 Å². The van der Waals surface area contributed by atoms with Gasteiger partial charge in [-0.1, -0.05) is 18.2 Å². The van der Waals surface area contributed by atoms with E-state index in [2.05, 4.69) is 40.3 Å². The van der Waals surface area contributed by atoms with Gasteiger partial charge in [0.2, 0.25) is 5.91 Å². The third kappa shape index (κ3) is 3.45. The van der Waals surface area contributed by atoms with Crippen LogP contribution in [0.4, 0.5) is 0 Å². The molecule has 5 heteroatoms. The van der Waals surface area contributed by atoms with Crippen LogP contribution >= 0.6 is 0 Å². The molecular weight excluding hydrogens is 338 g/mol. The molecule has 1 atom stereocenters. The molecule has 0 bridgehead atoms. The molecule has 0 radical (unpaired) electrons. The normalized spacial score (nSPS) is 17.3. The van der Waals surface area contributed by atoms with E-state index in [0.717, 1.165) is 11.1 Å². The fourth-order valence-electron chi connectivity index (χ4n) is 3.67. The lowest BCUT2D eigenvalue weighted by Crippen LogP contribution is -2.48. The first-order valence-electron chi connectivity index (χ1n) is 9.21. The predicted octanol–water partition coefficient (Wildman–Crippen LogP) is 3.20. The second-order valence-corrected chi connectivity index (χ2v) is 7.26. The Labute approximate surface area is 158 Å². The van der Waals surface area contributed by atoms with Gasteiger partial charge in [0.1, 0.15) is 0 Å². The van der Waals surface area contributed by atoms with Gasteiger partial charge in [-0.15, -0.1) is 0 Å². The van der Waals surface area contributed by atoms with Crippen molar-refractivity contribution in [2.75, 3.05) is 13.6 Å². The molecule has 0 spiro atoms. The summed E-state index contributed by atoms with van der Waals surface area (Å²) in [5.41, 5.74) is 4.05. The summed E-state index contributed by atoms with van der Waals surface area (Å²) in [6.45, 7) is 0.569. The van der Waals surface area contributed by atoms with E-state index in [1.54, 1.807) is 11.9 Å². The molecule has 0 saturated carbocycles. The van der Waals surface area contributed by atoms with Gasteiger partial charge in [-0.25, -0.2) is 0 Å². The lowest BCUT2D eigenvalue weighted by atomic mass is 10.0. The zero-order valence-corrected chi connectivity index (χ0v) is 15.6. The number of piperidine rings is 1. The lowest BCUT2D eigenvalue weighted by molar-refractivity contribution is -0.132. The number of hydrogen-bond acceptors (Lipinski definition) is 2. The number of amides is 2. The van der Waals surface area contributed by atoms with Gasteiger partial charge in [-0.05, 0) is 47.9 Å². The van der Waals surface area contributed by atoms with Crippen LogP contribution in [0.5, 0.6) is 0 Å². The average molecular weight is 361 g/mol. The zero-order valence-electron chi connectivity index (χ0n) is 15.6. The number of likely N-dealkylation sites (N-methyl/N-ethyl adjacent to an activating group) is 1. The van der Waals surface area contributed by atoms with Crippen LogP contribution in [0, 0.1) is 0 Å². The van der Waals surface area contributed by atoms with Crippen LogP contribution in [0.2, 0.25) is 0 Å². The maximum absolute atomic E-state index is 12.5. The smallest absolute Gasteiger partial charge is 0.251 e. The quantitative estimate of drug-likeness (QED) is 0.779. The van der Waals surface area contributed by atoms with Gasteiger partial charge >= 0.3 is 0 Å². The summed E-state index contributed by atoms with van der Waals surface area (Å²) in [7, 11) is 3.81. The summed E-state index contributed by atoms with van der Waals surface area (Å²) in [5, 5.41) is 4.24. The van der Waals surface area contributed by atoms with Crippen LogP contribution in [0.15, 0.2) is 54.7 Å². The number of fused-ring (bicyclic) bond motifs is 1. The minimum absolute atomic E-state index is 0.0142. The Bertz CT molecular complexity index is 1000. The number of hydrogen-bond donors (Lipinski definition) is 1. The average Bonchev–Trinajstić information content (AvgIpc) is 3.05. The SMILES string of the molecule is CN1C[C@@H](NC(=O)c2ccc(-c3ccc4c(ccn4C)c3)cc2)CCC1=O. The molecule has 3 aromatic rings. The van der Waals surface area contributed by atoms with Crippen LogP contribution in [0.1, 0.15) is 23.2 Å². The first kappa shape index (κ1) is 17.3. The van der Waals surface area contributed by atoms with Crippen molar-refractivity contribution in [1.82, 2.24) is 14.8 Å². The maximum Gasteiger partial charge on any atom is 0.251 e. The minimum Gasteiger partial charge on any atom is -0.351 e. The molecule has 5 nitrogen and oxygen atoms in total. The topological polar surface area (TPSA) is 54.3 Å². The molecule has 1 aliphatic rings. The van der Waals surface area contributed by atoms with Gasteiger partial charge in [0, 0.05) is 55.8 Å². The van der Waals surface area contributed by atoms with E-state index in [1.807, 2.05) is 31.3 Å². The highest BCUT2D eigenvalue weighted by atomic mass is 16.2. The summed E-state index contributed by atoms with van der Waals surface area (Å²) in [6.07, 6.45) is 3.24. The summed E-state index contributed by atoms with van der Waals surface area (Å²) < 4.78 is 2.10. The Balaban J connectivity index is 1.47. The van der Waals surface area contributed by atoms with Gasteiger partial charge < -0.3 is 14.8 Å². The van der Waals surface area contributed by atoms with E-state index in [9.17, 15) is 9.59 Å². The number of nitrogens with one attached hydrogen (secondary N) is 1. The fourth-order valence-corrected chi connectivity index (χ4v) is 3.67. The summed E-state index contributed by atoms with van der Waals surface area (Å²) in [6, 6.07) is 16.2. The maximum atomic E-state index is 12.5. The first-order chi connectivity index (χ1) is 13.0. The molecule has 2 heterocycles. The minimum atomic E-state index is -0.0900. The standard InChI is InChI=1S/C22H23N3O2/c1-24-12-11-18-13-17(7-9-20(18)24)15-3-5-16(6-4-15)22(27)23-19-8-10-21(26)25(2)14-19/h3-7,9,11-13,19H,8,10,14H2,1-2H3,(H,23,27)/t19-/m0/s1. The Hall–Kier alpha value is -3.08. The first-order valence-corrected chi connectivity index (χ1v) is 9.21. The van der Waals surface area contributed by atoms with E-state index in [4.69, 9.17) is 0 Å². The van der Waals surface area contributed by atoms with Gasteiger partial charge in [0.15, 0.2) is 0 Å². The number of nitrogens with zero attached hydrogens (tertiary/aromatic N) is 2. The molecule has 4 rings (SSSR count). The molecular formula is C22H23N3O2. The largest absolute Gasteiger partial charge is 0.351 e. The molecule has 1 N–H and O–H groups in total. The highest BCUT2D eigenvalue weighted by Gasteiger charge is 2.24. The molecule has 2 amide bonds. The van der Waals surface area contributed by atoms with E-state index >= 15 is 0 Å². The number of likely N-dealkylation sites (tertiary alicyclic amines) is 1. The molecule has 27 heavy (non-hydrogen) atoms. The molecule has 1 saturated heterocycles. The van der Waals surface area contributed by atoms with Crippen LogP contribution in [0.3, 0.4) is 0 Å². The number of carbonyl (C=O) groups excluding carboxylic acids is 2. The van der Waals surface area contributed by atoms with Crippen molar-refractivity contribution in [2.45, 2.75) is 18.9 Å². The number of rotatable bonds is 3. The van der Waals surface area contributed by atoms with Gasteiger partial charge in [0.25, 0.3) is 5.91 Å². The number of aromatic nitrogens is 1. The third-order valence-electron chi connectivity index (χ3n) is 5.33. The van der Waals surface area contributed by atoms with E-state index in [1.165, 1.54) is 10.9 Å². The molecule has 0 unspecified atom stereocenters. The second kappa shape index (κ2) is 6.91. The fraction of sp³-hybridized carbons (Fsp3) is 0.273. The molecule has 1 aromatic heterocycles. The molecule has 1 aliphatic heterocycles. The number of aryl methyl sites for hydroxylation is 1. The Morgan fingerprint density at radius 1 is 1.04 bits per heavy atom. The van der Waals surface area contributed by atoms with Crippen LogP contribution in [0.25, 0.3) is 22.0 Å². The van der Waals surface area contributed by atoms with Crippen molar-refractivity contribution in [2.24, 2.45) is 7.05 Å². The van der Waals surface area contributed by atoms with Gasteiger partial charge in [-0.2, -0.15) is 0 Å². The lowest BCUT2D eigenvalue weighted by Gasteiger charge is -2.30. The number of carbonyl (C=O) groups is 2. The van der Waals surface area contributed by atoms with E-state index in [-0.39, 0.29) is 17.9 Å². The van der Waals surface area contributed by atoms with Crippen LogP contribution in [-0.4, -0.2) is 40.9 Å². The zero-order chi connectivity index (χ0) is 19.0. The summed E-state index contributed by atoms with van der Waals surface area (Å²) in [5.74, 6) is 0.0491. The van der Waals surface area contributed by atoms with Crippen molar-refractivity contribution in [3.8, 4) is 11.1 Å². The molecule has 2 aromatic carbocycles. The Kier molecular flexibility index (Phi) is 4.44.